The average molecular weight is 388 g/mol. The monoisotopic (exact) mass is 386 g/mol. The fourth-order valence-electron chi connectivity index (χ4n) is 2.24. The topological polar surface area (TPSA) is 17.8 Å². The number of hydrogen-bond donors (Lipinski definition) is 0. The molecule has 0 amide bonds. The molecule has 0 saturated heterocycles. The SMILES string of the molecule is CC(Cl)c1nc2cc(F)c(Cl)cc2n1-c1cccc(Br)c1. The van der Waals surface area contributed by atoms with Gasteiger partial charge in [0.1, 0.15) is 11.6 Å². The van der Waals surface area contributed by atoms with Gasteiger partial charge in [-0.1, -0.05) is 33.6 Å². The molecule has 0 spiro atoms. The number of rotatable bonds is 2. The maximum atomic E-state index is 13.6. The summed E-state index contributed by atoms with van der Waals surface area (Å²) in [5.74, 6) is 0.156. The average Bonchev–Trinajstić information content (AvgIpc) is 2.78. The van der Waals surface area contributed by atoms with Crippen molar-refractivity contribution in [1.29, 1.82) is 0 Å². The molecule has 3 rings (SSSR count). The fraction of sp³-hybridized carbons (Fsp3) is 0.133. The van der Waals surface area contributed by atoms with E-state index < -0.39 is 5.82 Å². The highest BCUT2D eigenvalue weighted by molar-refractivity contribution is 9.10. The van der Waals surface area contributed by atoms with Crippen LogP contribution in [0.15, 0.2) is 40.9 Å². The molecule has 1 atom stereocenters. The standard InChI is InChI=1S/C15H10BrCl2FN2/c1-8(17)15-20-13-7-12(19)11(18)6-14(13)21(15)10-4-2-3-9(16)5-10/h2-8H,1H3. The zero-order chi connectivity index (χ0) is 15.1. The first-order chi connectivity index (χ1) is 9.97. The van der Waals surface area contributed by atoms with Gasteiger partial charge in [0.25, 0.3) is 0 Å². The normalized spacial score (nSPS) is 12.8. The number of fused-ring (bicyclic) bond motifs is 1. The molecule has 0 aliphatic rings. The Morgan fingerprint density at radius 2 is 2.05 bits per heavy atom. The van der Waals surface area contributed by atoms with Crippen LogP contribution in [-0.4, -0.2) is 9.55 Å². The van der Waals surface area contributed by atoms with Crippen LogP contribution in [-0.2, 0) is 0 Å². The Bertz CT molecular complexity index is 830. The molecule has 0 fully saturated rings. The van der Waals surface area contributed by atoms with Crippen LogP contribution >= 0.6 is 39.1 Å². The van der Waals surface area contributed by atoms with E-state index in [1.165, 1.54) is 6.07 Å². The second-order valence-corrected chi connectivity index (χ2v) is 6.63. The van der Waals surface area contributed by atoms with Gasteiger partial charge in [-0.2, -0.15) is 0 Å². The largest absolute Gasteiger partial charge is 0.295 e. The Morgan fingerprint density at radius 3 is 2.71 bits per heavy atom. The maximum absolute atomic E-state index is 13.6. The van der Waals surface area contributed by atoms with Crippen molar-refractivity contribution >= 4 is 50.2 Å². The number of imidazole rings is 1. The van der Waals surface area contributed by atoms with E-state index >= 15 is 0 Å². The van der Waals surface area contributed by atoms with Crippen LogP contribution in [0.25, 0.3) is 16.7 Å². The van der Waals surface area contributed by atoms with Crippen molar-refractivity contribution in [2.24, 2.45) is 0 Å². The fourth-order valence-corrected chi connectivity index (χ4v) is 2.94. The summed E-state index contributed by atoms with van der Waals surface area (Å²) in [5.41, 5.74) is 2.14. The lowest BCUT2D eigenvalue weighted by Crippen LogP contribution is -2.01. The zero-order valence-corrected chi connectivity index (χ0v) is 14.0. The number of hydrogen-bond acceptors (Lipinski definition) is 1. The zero-order valence-electron chi connectivity index (χ0n) is 10.9. The highest BCUT2D eigenvalue weighted by Gasteiger charge is 2.18. The van der Waals surface area contributed by atoms with Crippen molar-refractivity contribution in [3.8, 4) is 5.69 Å². The molecule has 0 aliphatic carbocycles. The number of nitrogens with zero attached hydrogens (tertiary/aromatic N) is 2. The van der Waals surface area contributed by atoms with Crippen molar-refractivity contribution < 1.29 is 4.39 Å². The molecular weight excluding hydrogens is 378 g/mol. The summed E-state index contributed by atoms with van der Waals surface area (Å²) in [6, 6.07) is 10.6. The Morgan fingerprint density at radius 1 is 1.29 bits per heavy atom. The molecule has 21 heavy (non-hydrogen) atoms. The van der Waals surface area contributed by atoms with Crippen LogP contribution in [0.2, 0.25) is 5.02 Å². The number of benzene rings is 2. The molecule has 3 aromatic rings. The van der Waals surface area contributed by atoms with Gasteiger partial charge >= 0.3 is 0 Å². The lowest BCUT2D eigenvalue weighted by molar-refractivity contribution is 0.630. The Balaban J connectivity index is 2.38. The van der Waals surface area contributed by atoms with Crippen molar-refractivity contribution in [3.63, 3.8) is 0 Å². The first kappa shape index (κ1) is 14.8. The first-order valence-corrected chi connectivity index (χ1v) is 7.85. The van der Waals surface area contributed by atoms with Gasteiger partial charge in [0, 0.05) is 16.2 Å². The molecule has 1 aromatic heterocycles. The van der Waals surface area contributed by atoms with Gasteiger partial charge in [-0.25, -0.2) is 9.37 Å². The minimum Gasteiger partial charge on any atom is -0.295 e. The highest BCUT2D eigenvalue weighted by Crippen LogP contribution is 2.31. The number of halogens is 4. The molecule has 6 heteroatoms. The van der Waals surface area contributed by atoms with Gasteiger partial charge in [-0.3, -0.25) is 4.57 Å². The summed E-state index contributed by atoms with van der Waals surface area (Å²) < 4.78 is 16.5. The van der Waals surface area contributed by atoms with Gasteiger partial charge in [0.2, 0.25) is 0 Å². The quantitative estimate of drug-likeness (QED) is 0.502. The Labute approximate surface area is 139 Å². The predicted octanol–water partition coefficient (Wildman–Crippen LogP) is 5.88. The molecule has 2 aromatic carbocycles. The number of aromatic nitrogens is 2. The van der Waals surface area contributed by atoms with Crippen LogP contribution in [0.4, 0.5) is 4.39 Å². The lowest BCUT2D eigenvalue weighted by Gasteiger charge is -2.11. The summed E-state index contributed by atoms with van der Waals surface area (Å²) in [7, 11) is 0. The van der Waals surface area contributed by atoms with Crippen molar-refractivity contribution in [3.05, 3.63) is 57.5 Å². The molecule has 0 aliphatic heterocycles. The summed E-state index contributed by atoms with van der Waals surface area (Å²) in [4.78, 5) is 4.44. The van der Waals surface area contributed by atoms with E-state index in [0.29, 0.717) is 11.3 Å². The smallest absolute Gasteiger partial charge is 0.144 e. The van der Waals surface area contributed by atoms with Gasteiger partial charge in [-0.05, 0) is 31.2 Å². The third-order valence-corrected chi connectivity index (χ3v) is 4.12. The molecule has 108 valence electrons. The third kappa shape index (κ3) is 2.68. The van der Waals surface area contributed by atoms with E-state index in [0.717, 1.165) is 15.7 Å². The van der Waals surface area contributed by atoms with Crippen LogP contribution < -0.4 is 0 Å². The maximum Gasteiger partial charge on any atom is 0.144 e. The van der Waals surface area contributed by atoms with Crippen molar-refractivity contribution in [1.82, 2.24) is 9.55 Å². The van der Waals surface area contributed by atoms with E-state index in [-0.39, 0.29) is 10.4 Å². The van der Waals surface area contributed by atoms with E-state index in [4.69, 9.17) is 23.2 Å². The van der Waals surface area contributed by atoms with Crippen molar-refractivity contribution in [2.45, 2.75) is 12.3 Å². The molecule has 1 unspecified atom stereocenters. The molecule has 0 saturated carbocycles. The third-order valence-electron chi connectivity index (χ3n) is 3.14. The summed E-state index contributed by atoms with van der Waals surface area (Å²) in [5, 5.41) is -0.259. The van der Waals surface area contributed by atoms with E-state index in [1.54, 1.807) is 6.07 Å². The van der Waals surface area contributed by atoms with Gasteiger partial charge < -0.3 is 0 Å². The second-order valence-electron chi connectivity index (χ2n) is 4.66. The van der Waals surface area contributed by atoms with Crippen LogP contribution in [0, 0.1) is 5.82 Å². The van der Waals surface area contributed by atoms with Gasteiger partial charge in [0.05, 0.1) is 21.4 Å². The van der Waals surface area contributed by atoms with Gasteiger partial charge in [0.15, 0.2) is 0 Å². The summed E-state index contributed by atoms with van der Waals surface area (Å²) >= 11 is 15.6. The van der Waals surface area contributed by atoms with E-state index in [1.807, 2.05) is 35.8 Å². The summed E-state index contributed by atoms with van der Waals surface area (Å²) in [6.45, 7) is 1.83. The molecule has 2 nitrogen and oxygen atoms in total. The molecule has 0 radical (unpaired) electrons. The van der Waals surface area contributed by atoms with Crippen molar-refractivity contribution in [2.75, 3.05) is 0 Å². The minimum atomic E-state index is -0.489. The van der Waals surface area contributed by atoms with Crippen LogP contribution in [0.3, 0.4) is 0 Å². The highest BCUT2D eigenvalue weighted by atomic mass is 79.9. The molecular formula is C15H10BrCl2FN2. The second kappa shape index (κ2) is 5.59. The van der Waals surface area contributed by atoms with Crippen LogP contribution in [0.1, 0.15) is 18.1 Å². The van der Waals surface area contributed by atoms with E-state index in [2.05, 4.69) is 20.9 Å². The molecule has 0 bridgehead atoms. The van der Waals surface area contributed by atoms with Crippen LogP contribution in [0.5, 0.6) is 0 Å². The summed E-state index contributed by atoms with van der Waals surface area (Å²) in [6.07, 6.45) is 0. The van der Waals surface area contributed by atoms with E-state index in [9.17, 15) is 4.39 Å². The van der Waals surface area contributed by atoms with Gasteiger partial charge in [-0.15, -0.1) is 11.6 Å². The lowest BCUT2D eigenvalue weighted by atomic mass is 10.2. The molecule has 1 heterocycles. The molecule has 0 N–H and O–H groups in total. The minimum absolute atomic E-state index is 0.0624. The number of alkyl halides is 1. The Hall–Kier alpha value is -1.10. The first-order valence-electron chi connectivity index (χ1n) is 6.25. The Kier molecular flexibility index (Phi) is 3.95. The predicted molar refractivity (Wildman–Crippen MR) is 88.0 cm³/mol.